The molecule has 1 N–H and O–H groups in total. The summed E-state index contributed by atoms with van der Waals surface area (Å²) in [6.07, 6.45) is 6.28. The molecule has 0 aromatic carbocycles. The summed E-state index contributed by atoms with van der Waals surface area (Å²) in [5.74, 6) is 2.85. The monoisotopic (exact) mass is 409 g/mol. The average molecular weight is 410 g/mol. The third kappa shape index (κ3) is 3.87. The normalized spacial score (nSPS) is 28.6. The summed E-state index contributed by atoms with van der Waals surface area (Å²) in [6.45, 7) is 8.48. The van der Waals surface area contributed by atoms with Gasteiger partial charge < -0.3 is 15.0 Å². The highest BCUT2D eigenvalue weighted by atomic mass is 16.5. The standard InChI is InChI=1S/C23H31N5O2/c1-13-6-14(2)26-22-21(13)23(25-12-24-22)28-9-17-7-19(27-15(3)29)20(8-18(17)10-28)30-11-16-4-5-16/h6,12,16-20H,4-5,7-11H2,1-3H3,(H,27,29)/t17-,18+,19-,20-/m1/s1. The van der Waals surface area contributed by atoms with E-state index in [0.717, 1.165) is 61.0 Å². The maximum absolute atomic E-state index is 11.8. The van der Waals surface area contributed by atoms with Crippen LogP contribution in [0, 0.1) is 31.6 Å². The van der Waals surface area contributed by atoms with Crippen LogP contribution in [0.2, 0.25) is 0 Å². The summed E-state index contributed by atoms with van der Waals surface area (Å²) in [5.41, 5.74) is 2.92. The fraction of sp³-hybridized carbons (Fsp3) is 0.652. The molecule has 0 radical (unpaired) electrons. The van der Waals surface area contributed by atoms with Gasteiger partial charge in [-0.2, -0.15) is 0 Å². The third-order valence-electron chi connectivity index (χ3n) is 6.96. The first-order valence-corrected chi connectivity index (χ1v) is 11.2. The average Bonchev–Trinajstić information content (AvgIpc) is 3.43. The summed E-state index contributed by atoms with van der Waals surface area (Å²) >= 11 is 0. The third-order valence-corrected chi connectivity index (χ3v) is 6.96. The molecular formula is C23H31N5O2. The summed E-state index contributed by atoms with van der Waals surface area (Å²) in [5, 5.41) is 4.23. The van der Waals surface area contributed by atoms with Gasteiger partial charge in [0.2, 0.25) is 5.91 Å². The van der Waals surface area contributed by atoms with Crippen LogP contribution in [0.5, 0.6) is 0 Å². The number of aryl methyl sites for hydroxylation is 2. The number of anilines is 1. The molecule has 1 aliphatic heterocycles. The van der Waals surface area contributed by atoms with Crippen molar-refractivity contribution < 1.29 is 9.53 Å². The number of carbonyl (C=O) groups is 1. The zero-order valence-electron chi connectivity index (χ0n) is 18.1. The van der Waals surface area contributed by atoms with E-state index in [0.29, 0.717) is 11.8 Å². The van der Waals surface area contributed by atoms with Crippen molar-refractivity contribution in [2.45, 2.75) is 58.6 Å². The Morgan fingerprint density at radius 1 is 1.20 bits per heavy atom. The van der Waals surface area contributed by atoms with Crippen LogP contribution in [-0.4, -0.2) is 52.7 Å². The second-order valence-electron chi connectivity index (χ2n) is 9.50. The highest BCUT2D eigenvalue weighted by Gasteiger charge is 2.44. The fourth-order valence-corrected chi connectivity index (χ4v) is 5.36. The number of fused-ring (bicyclic) bond motifs is 2. The Balaban J connectivity index is 1.37. The molecule has 0 spiro atoms. The van der Waals surface area contributed by atoms with Gasteiger partial charge in [-0.1, -0.05) is 0 Å². The number of hydrogen-bond acceptors (Lipinski definition) is 6. The van der Waals surface area contributed by atoms with Crippen LogP contribution in [0.25, 0.3) is 11.0 Å². The topological polar surface area (TPSA) is 80.2 Å². The van der Waals surface area contributed by atoms with Crippen LogP contribution in [0.3, 0.4) is 0 Å². The molecule has 0 bridgehead atoms. The van der Waals surface area contributed by atoms with E-state index >= 15 is 0 Å². The van der Waals surface area contributed by atoms with Gasteiger partial charge in [0.05, 0.1) is 17.5 Å². The minimum atomic E-state index is 0.0344. The molecular weight excluding hydrogens is 378 g/mol. The van der Waals surface area contributed by atoms with Crippen molar-refractivity contribution in [3.8, 4) is 0 Å². The first-order chi connectivity index (χ1) is 14.5. The molecule has 7 heteroatoms. The predicted molar refractivity (Wildman–Crippen MR) is 115 cm³/mol. The van der Waals surface area contributed by atoms with Gasteiger partial charge in [0.15, 0.2) is 5.65 Å². The molecule has 3 fully saturated rings. The Morgan fingerprint density at radius 2 is 1.97 bits per heavy atom. The number of amides is 1. The second-order valence-corrected chi connectivity index (χ2v) is 9.50. The van der Waals surface area contributed by atoms with E-state index in [-0.39, 0.29) is 18.1 Å². The van der Waals surface area contributed by atoms with E-state index in [1.165, 1.54) is 18.4 Å². The smallest absolute Gasteiger partial charge is 0.217 e. The summed E-state index contributed by atoms with van der Waals surface area (Å²) in [7, 11) is 0. The Bertz CT molecular complexity index is 960. The Labute approximate surface area is 177 Å². The van der Waals surface area contributed by atoms with Gasteiger partial charge in [-0.15, -0.1) is 0 Å². The lowest BCUT2D eigenvalue weighted by Gasteiger charge is -2.38. The van der Waals surface area contributed by atoms with Crippen molar-refractivity contribution in [3.05, 3.63) is 23.7 Å². The first kappa shape index (κ1) is 19.7. The van der Waals surface area contributed by atoms with Crippen LogP contribution in [0.4, 0.5) is 5.82 Å². The lowest BCUT2D eigenvalue weighted by atomic mass is 9.77. The molecule has 2 saturated carbocycles. The number of hydrogen-bond donors (Lipinski definition) is 1. The van der Waals surface area contributed by atoms with Gasteiger partial charge in [-0.25, -0.2) is 15.0 Å². The van der Waals surface area contributed by atoms with E-state index in [4.69, 9.17) is 4.74 Å². The van der Waals surface area contributed by atoms with E-state index in [9.17, 15) is 4.79 Å². The molecule has 160 valence electrons. The number of rotatable bonds is 5. The SMILES string of the molecule is CC(=O)N[C@@H]1C[C@@H]2CN(c3ncnc4nc(C)cc(C)c34)C[C@@H]2C[C@H]1OCC1CC1. The molecule has 1 saturated heterocycles. The number of aromatic nitrogens is 3. The summed E-state index contributed by atoms with van der Waals surface area (Å²) < 4.78 is 6.30. The zero-order chi connectivity index (χ0) is 20.8. The Morgan fingerprint density at radius 3 is 2.70 bits per heavy atom. The molecule has 7 nitrogen and oxygen atoms in total. The molecule has 3 aliphatic rings. The number of nitrogens with one attached hydrogen (secondary N) is 1. The highest BCUT2D eigenvalue weighted by molar-refractivity contribution is 5.90. The minimum absolute atomic E-state index is 0.0344. The van der Waals surface area contributed by atoms with Crippen LogP contribution in [0.1, 0.15) is 43.9 Å². The van der Waals surface area contributed by atoms with E-state index in [1.807, 2.05) is 6.92 Å². The van der Waals surface area contributed by atoms with E-state index in [2.05, 4.69) is 38.2 Å². The molecule has 2 aromatic rings. The van der Waals surface area contributed by atoms with Gasteiger partial charge in [-0.3, -0.25) is 4.79 Å². The lowest BCUT2D eigenvalue weighted by Crippen LogP contribution is -2.50. The van der Waals surface area contributed by atoms with E-state index in [1.54, 1.807) is 13.3 Å². The van der Waals surface area contributed by atoms with Crippen LogP contribution in [0.15, 0.2) is 12.4 Å². The van der Waals surface area contributed by atoms with Gasteiger partial charge in [0.1, 0.15) is 12.1 Å². The Kier molecular flexibility index (Phi) is 5.09. The van der Waals surface area contributed by atoms with Gasteiger partial charge in [0.25, 0.3) is 0 Å². The molecule has 2 aliphatic carbocycles. The fourth-order valence-electron chi connectivity index (χ4n) is 5.36. The predicted octanol–water partition coefficient (Wildman–Crippen LogP) is 2.79. The van der Waals surface area contributed by atoms with Gasteiger partial charge in [0, 0.05) is 32.3 Å². The highest BCUT2D eigenvalue weighted by Crippen LogP contribution is 2.41. The number of carbonyl (C=O) groups excluding carboxylic acids is 1. The zero-order valence-corrected chi connectivity index (χ0v) is 18.1. The van der Waals surface area contributed by atoms with Gasteiger partial charge in [-0.05, 0) is 68.9 Å². The largest absolute Gasteiger partial charge is 0.376 e. The van der Waals surface area contributed by atoms with Crippen molar-refractivity contribution in [1.29, 1.82) is 0 Å². The van der Waals surface area contributed by atoms with Crippen molar-refractivity contribution in [1.82, 2.24) is 20.3 Å². The van der Waals surface area contributed by atoms with Crippen LogP contribution < -0.4 is 10.2 Å². The van der Waals surface area contributed by atoms with E-state index < -0.39 is 0 Å². The summed E-state index contributed by atoms with van der Waals surface area (Å²) in [6, 6.07) is 2.21. The number of ether oxygens (including phenoxy) is 1. The molecule has 30 heavy (non-hydrogen) atoms. The molecule has 1 amide bonds. The maximum atomic E-state index is 11.8. The quantitative estimate of drug-likeness (QED) is 0.818. The first-order valence-electron chi connectivity index (χ1n) is 11.2. The molecule has 2 aromatic heterocycles. The minimum Gasteiger partial charge on any atom is -0.376 e. The number of nitrogens with zero attached hydrogens (tertiary/aromatic N) is 4. The van der Waals surface area contributed by atoms with Crippen molar-refractivity contribution in [2.75, 3.05) is 24.6 Å². The maximum Gasteiger partial charge on any atom is 0.217 e. The second kappa shape index (κ2) is 7.76. The van der Waals surface area contributed by atoms with Crippen molar-refractivity contribution >= 4 is 22.8 Å². The van der Waals surface area contributed by atoms with Crippen LogP contribution >= 0.6 is 0 Å². The summed E-state index contributed by atoms with van der Waals surface area (Å²) in [4.78, 5) is 27.9. The molecule has 4 atom stereocenters. The number of pyridine rings is 1. The molecule has 3 heterocycles. The van der Waals surface area contributed by atoms with Crippen molar-refractivity contribution in [3.63, 3.8) is 0 Å². The van der Waals surface area contributed by atoms with Crippen LogP contribution in [-0.2, 0) is 9.53 Å². The molecule has 0 unspecified atom stereocenters. The lowest BCUT2D eigenvalue weighted by molar-refractivity contribution is -0.122. The Hall–Kier alpha value is -2.28. The van der Waals surface area contributed by atoms with Crippen molar-refractivity contribution in [2.24, 2.45) is 17.8 Å². The van der Waals surface area contributed by atoms with Gasteiger partial charge >= 0.3 is 0 Å². The molecule has 5 rings (SSSR count).